The van der Waals surface area contributed by atoms with Gasteiger partial charge in [-0.15, -0.1) is 12.4 Å². The second-order valence-corrected chi connectivity index (χ2v) is 5.75. The van der Waals surface area contributed by atoms with Crippen LogP contribution in [0.4, 0.5) is 4.39 Å². The molecule has 122 valence electrons. The number of benzene rings is 1. The summed E-state index contributed by atoms with van der Waals surface area (Å²) in [5, 5.41) is 3.23. The van der Waals surface area contributed by atoms with Gasteiger partial charge >= 0.3 is 0 Å². The van der Waals surface area contributed by atoms with Gasteiger partial charge in [0.15, 0.2) is 0 Å². The Morgan fingerprint density at radius 1 is 1.36 bits per heavy atom. The first kappa shape index (κ1) is 17.2. The van der Waals surface area contributed by atoms with E-state index in [4.69, 9.17) is 4.74 Å². The lowest BCUT2D eigenvalue weighted by molar-refractivity contribution is -0.136. The summed E-state index contributed by atoms with van der Waals surface area (Å²) in [5.41, 5.74) is 0.584. The largest absolute Gasteiger partial charge is 0.375 e. The highest BCUT2D eigenvalue weighted by atomic mass is 35.5. The lowest BCUT2D eigenvalue weighted by Crippen LogP contribution is -2.43. The van der Waals surface area contributed by atoms with Crippen LogP contribution in [0.5, 0.6) is 0 Å². The molecule has 22 heavy (non-hydrogen) atoms. The summed E-state index contributed by atoms with van der Waals surface area (Å²) >= 11 is 0. The van der Waals surface area contributed by atoms with Crippen LogP contribution >= 0.6 is 12.4 Å². The van der Waals surface area contributed by atoms with E-state index in [1.54, 1.807) is 12.1 Å². The highest BCUT2D eigenvalue weighted by Gasteiger charge is 2.34. The van der Waals surface area contributed by atoms with Crippen LogP contribution in [-0.2, 0) is 16.1 Å². The molecule has 0 spiro atoms. The standard InChI is InChI=1S/C16H21FN2O2.ClH/c17-15-4-2-1-3-12(15)11-19(13-5-6-13)16(20)9-14-10-18-7-8-21-14;/h1-4,13-14,18H,5-11H2;1H. The summed E-state index contributed by atoms with van der Waals surface area (Å²) in [4.78, 5) is 14.3. The molecule has 0 radical (unpaired) electrons. The fraction of sp³-hybridized carbons (Fsp3) is 0.562. The molecular formula is C16H22ClFN2O2. The quantitative estimate of drug-likeness (QED) is 0.900. The van der Waals surface area contributed by atoms with Gasteiger partial charge in [0.1, 0.15) is 5.82 Å². The Kier molecular flexibility index (Phi) is 6.17. The number of hydrogen-bond acceptors (Lipinski definition) is 3. The molecule has 1 N–H and O–H groups in total. The van der Waals surface area contributed by atoms with Gasteiger partial charge in [0.2, 0.25) is 5.91 Å². The number of rotatable bonds is 5. The molecule has 1 amide bonds. The molecule has 0 aromatic heterocycles. The van der Waals surface area contributed by atoms with E-state index in [9.17, 15) is 9.18 Å². The van der Waals surface area contributed by atoms with Crippen molar-refractivity contribution in [2.45, 2.75) is 38.0 Å². The van der Waals surface area contributed by atoms with Crippen molar-refractivity contribution in [1.29, 1.82) is 0 Å². The Hall–Kier alpha value is -1.17. The number of morpholine rings is 1. The smallest absolute Gasteiger partial charge is 0.225 e. The van der Waals surface area contributed by atoms with Crippen molar-refractivity contribution in [2.75, 3.05) is 19.7 Å². The minimum atomic E-state index is -0.244. The maximum absolute atomic E-state index is 13.8. The monoisotopic (exact) mass is 328 g/mol. The predicted octanol–water partition coefficient (Wildman–Crippen LogP) is 2.12. The molecule has 1 aromatic rings. The Balaban J connectivity index is 0.00000176. The topological polar surface area (TPSA) is 41.6 Å². The maximum Gasteiger partial charge on any atom is 0.225 e. The van der Waals surface area contributed by atoms with Gasteiger partial charge in [-0.05, 0) is 18.9 Å². The van der Waals surface area contributed by atoms with Crippen LogP contribution < -0.4 is 5.32 Å². The molecular weight excluding hydrogens is 307 g/mol. The van der Waals surface area contributed by atoms with Crippen LogP contribution in [0.15, 0.2) is 24.3 Å². The SMILES string of the molecule is Cl.O=C(CC1CNCCO1)N(Cc1ccccc1F)C1CC1. The molecule has 1 aliphatic heterocycles. The van der Waals surface area contributed by atoms with E-state index in [1.165, 1.54) is 6.07 Å². The van der Waals surface area contributed by atoms with Crippen LogP contribution in [0.25, 0.3) is 0 Å². The number of carbonyl (C=O) groups is 1. The van der Waals surface area contributed by atoms with Crippen LogP contribution in [0.2, 0.25) is 0 Å². The first-order chi connectivity index (χ1) is 10.2. The molecule has 4 nitrogen and oxygen atoms in total. The van der Waals surface area contributed by atoms with Gasteiger partial charge in [0.05, 0.1) is 19.1 Å². The summed E-state index contributed by atoms with van der Waals surface area (Å²) in [6, 6.07) is 6.94. The lowest BCUT2D eigenvalue weighted by Gasteiger charge is -2.28. The molecule has 2 fully saturated rings. The van der Waals surface area contributed by atoms with E-state index in [1.807, 2.05) is 11.0 Å². The normalized spacial score (nSPS) is 21.0. The molecule has 1 unspecified atom stereocenters. The van der Waals surface area contributed by atoms with Gasteiger partial charge in [-0.1, -0.05) is 18.2 Å². The first-order valence-electron chi connectivity index (χ1n) is 7.59. The first-order valence-corrected chi connectivity index (χ1v) is 7.59. The number of carbonyl (C=O) groups excluding carboxylic acids is 1. The fourth-order valence-corrected chi connectivity index (χ4v) is 2.68. The van der Waals surface area contributed by atoms with Gasteiger partial charge in [-0.25, -0.2) is 4.39 Å². The number of hydrogen-bond donors (Lipinski definition) is 1. The number of nitrogens with one attached hydrogen (secondary N) is 1. The molecule has 1 atom stereocenters. The molecule has 0 bridgehead atoms. The van der Waals surface area contributed by atoms with Crippen molar-refractivity contribution in [3.63, 3.8) is 0 Å². The van der Waals surface area contributed by atoms with Gasteiger partial charge in [0, 0.05) is 31.2 Å². The zero-order chi connectivity index (χ0) is 14.7. The van der Waals surface area contributed by atoms with Gasteiger partial charge in [-0.3, -0.25) is 4.79 Å². The van der Waals surface area contributed by atoms with E-state index in [0.717, 1.165) is 19.4 Å². The van der Waals surface area contributed by atoms with Crippen molar-refractivity contribution in [2.24, 2.45) is 0 Å². The number of halogens is 2. The summed E-state index contributed by atoms with van der Waals surface area (Å²) in [6.45, 7) is 2.56. The lowest BCUT2D eigenvalue weighted by atomic mass is 10.1. The Labute approximate surface area is 136 Å². The van der Waals surface area contributed by atoms with E-state index in [0.29, 0.717) is 31.7 Å². The Morgan fingerprint density at radius 3 is 2.77 bits per heavy atom. The van der Waals surface area contributed by atoms with Crippen molar-refractivity contribution in [3.05, 3.63) is 35.6 Å². The Morgan fingerprint density at radius 2 is 2.14 bits per heavy atom. The zero-order valence-electron chi connectivity index (χ0n) is 12.5. The van der Waals surface area contributed by atoms with Gasteiger partial charge in [0.25, 0.3) is 0 Å². The summed E-state index contributed by atoms with van der Waals surface area (Å²) < 4.78 is 19.4. The van der Waals surface area contributed by atoms with Crippen molar-refractivity contribution in [1.82, 2.24) is 10.2 Å². The van der Waals surface area contributed by atoms with Gasteiger partial charge < -0.3 is 15.0 Å². The van der Waals surface area contributed by atoms with Crippen LogP contribution in [0.3, 0.4) is 0 Å². The van der Waals surface area contributed by atoms with E-state index < -0.39 is 0 Å². The van der Waals surface area contributed by atoms with E-state index in [2.05, 4.69) is 5.32 Å². The molecule has 1 aromatic carbocycles. The van der Waals surface area contributed by atoms with E-state index >= 15 is 0 Å². The average Bonchev–Trinajstić information content (AvgIpc) is 3.32. The van der Waals surface area contributed by atoms with Crippen molar-refractivity contribution < 1.29 is 13.9 Å². The van der Waals surface area contributed by atoms with Crippen LogP contribution in [-0.4, -0.2) is 42.6 Å². The van der Waals surface area contributed by atoms with E-state index in [-0.39, 0.29) is 36.3 Å². The second-order valence-electron chi connectivity index (χ2n) is 5.75. The summed E-state index contributed by atoms with van der Waals surface area (Å²) in [7, 11) is 0. The van der Waals surface area contributed by atoms with Crippen LogP contribution in [0.1, 0.15) is 24.8 Å². The molecule has 3 rings (SSSR count). The van der Waals surface area contributed by atoms with Crippen molar-refractivity contribution >= 4 is 18.3 Å². The molecule has 6 heteroatoms. The zero-order valence-corrected chi connectivity index (χ0v) is 13.3. The van der Waals surface area contributed by atoms with Crippen molar-refractivity contribution in [3.8, 4) is 0 Å². The summed E-state index contributed by atoms with van der Waals surface area (Å²) in [6.07, 6.45) is 2.35. The fourth-order valence-electron chi connectivity index (χ4n) is 2.68. The highest BCUT2D eigenvalue weighted by Crippen LogP contribution is 2.29. The average molecular weight is 329 g/mol. The number of ether oxygens (including phenoxy) is 1. The minimum Gasteiger partial charge on any atom is -0.375 e. The predicted molar refractivity (Wildman–Crippen MR) is 84.4 cm³/mol. The molecule has 1 saturated heterocycles. The maximum atomic E-state index is 13.8. The number of nitrogens with zero attached hydrogens (tertiary/aromatic N) is 1. The third kappa shape index (κ3) is 4.41. The summed E-state index contributed by atoms with van der Waals surface area (Å²) in [5.74, 6) is -0.180. The van der Waals surface area contributed by atoms with Gasteiger partial charge in [-0.2, -0.15) is 0 Å². The molecule has 1 heterocycles. The minimum absolute atomic E-state index is 0. The number of amides is 1. The molecule has 1 aliphatic carbocycles. The Bertz CT molecular complexity index is 505. The third-order valence-electron chi connectivity index (χ3n) is 4.01. The molecule has 2 aliphatic rings. The molecule has 1 saturated carbocycles. The third-order valence-corrected chi connectivity index (χ3v) is 4.01. The van der Waals surface area contributed by atoms with Crippen LogP contribution in [0, 0.1) is 5.82 Å². The highest BCUT2D eigenvalue weighted by molar-refractivity contribution is 5.85. The second kappa shape index (κ2) is 7.90.